The number of phenols is 1. The van der Waals surface area contributed by atoms with E-state index in [1.165, 1.54) is 19.2 Å². The summed E-state index contributed by atoms with van der Waals surface area (Å²) in [5, 5.41) is 17.8. The van der Waals surface area contributed by atoms with Gasteiger partial charge < -0.3 is 20.7 Å². The first kappa shape index (κ1) is 11.5. The van der Waals surface area contributed by atoms with Crippen molar-refractivity contribution in [1.82, 2.24) is 0 Å². The Morgan fingerprint density at radius 2 is 1.93 bits per heavy atom. The molecule has 82 valence electrons. The molecule has 0 heterocycles. The molecule has 0 aliphatic rings. The molecule has 0 aliphatic heterocycles. The minimum absolute atomic E-state index is 0.109. The number of benzene rings is 1. The van der Waals surface area contributed by atoms with Gasteiger partial charge in [0.2, 0.25) is 0 Å². The maximum absolute atomic E-state index is 10.7. The lowest BCUT2D eigenvalue weighted by Crippen LogP contribution is -2.37. The van der Waals surface area contributed by atoms with Crippen LogP contribution in [0, 0.1) is 0 Å². The number of hydrogen-bond acceptors (Lipinski definition) is 4. The van der Waals surface area contributed by atoms with Gasteiger partial charge in [-0.2, -0.15) is 0 Å². The molecule has 5 nitrogen and oxygen atoms in total. The molecule has 0 amide bonds. The molecule has 0 spiro atoms. The number of carboxylic acids is 1. The molecule has 0 fully saturated rings. The van der Waals surface area contributed by atoms with E-state index in [1.54, 1.807) is 12.1 Å². The van der Waals surface area contributed by atoms with Gasteiger partial charge in [0.25, 0.3) is 0 Å². The average molecular weight is 211 g/mol. The average Bonchev–Trinajstić information content (AvgIpc) is 2.21. The van der Waals surface area contributed by atoms with Crippen LogP contribution < -0.4 is 5.73 Å². The summed E-state index contributed by atoms with van der Waals surface area (Å²) in [7, 11) is 1.39. The first-order valence-electron chi connectivity index (χ1n) is 4.36. The molecular formula is C10H13NO4. The van der Waals surface area contributed by atoms with Crippen LogP contribution in [0.4, 0.5) is 0 Å². The molecule has 5 heteroatoms. The van der Waals surface area contributed by atoms with E-state index in [4.69, 9.17) is 20.7 Å². The van der Waals surface area contributed by atoms with Gasteiger partial charge in [-0.1, -0.05) is 12.1 Å². The highest BCUT2D eigenvalue weighted by atomic mass is 16.5. The lowest BCUT2D eigenvalue weighted by atomic mass is 10.0. The third-order valence-electron chi connectivity index (χ3n) is 2.09. The standard InChI is InChI=1S/C10H13NO4/c1-15-9(8(11)10(13)14)6-2-4-7(12)5-3-6/h2-5,8-9,12H,11H2,1H3,(H,13,14)/t8-,9-/m1/s1. The zero-order valence-corrected chi connectivity index (χ0v) is 8.25. The topological polar surface area (TPSA) is 92.8 Å². The van der Waals surface area contributed by atoms with E-state index in [1.807, 2.05) is 0 Å². The van der Waals surface area contributed by atoms with Gasteiger partial charge in [-0.05, 0) is 17.7 Å². The van der Waals surface area contributed by atoms with Crippen molar-refractivity contribution in [2.45, 2.75) is 12.1 Å². The SMILES string of the molecule is CO[C@H](c1ccc(O)cc1)[C@@H](N)C(=O)O. The summed E-state index contributed by atoms with van der Waals surface area (Å²) < 4.78 is 5.01. The van der Waals surface area contributed by atoms with Gasteiger partial charge in [-0.15, -0.1) is 0 Å². The minimum atomic E-state index is -1.13. The van der Waals surface area contributed by atoms with E-state index in [0.717, 1.165) is 0 Å². The molecule has 0 unspecified atom stereocenters. The van der Waals surface area contributed by atoms with Crippen molar-refractivity contribution in [3.05, 3.63) is 29.8 Å². The Balaban J connectivity index is 2.92. The Kier molecular flexibility index (Phi) is 3.65. The minimum Gasteiger partial charge on any atom is -0.508 e. The monoisotopic (exact) mass is 211 g/mol. The van der Waals surface area contributed by atoms with E-state index in [0.29, 0.717) is 5.56 Å². The molecule has 4 N–H and O–H groups in total. The summed E-state index contributed by atoms with van der Waals surface area (Å²) >= 11 is 0. The molecule has 0 aliphatic carbocycles. The van der Waals surface area contributed by atoms with Crippen LogP contribution in [0.3, 0.4) is 0 Å². The van der Waals surface area contributed by atoms with Crippen LogP contribution in [0.5, 0.6) is 5.75 Å². The molecule has 0 aromatic heterocycles. The number of phenolic OH excluding ortho intramolecular Hbond substituents is 1. The molecule has 1 aromatic carbocycles. The number of aliphatic carboxylic acids is 1. The highest BCUT2D eigenvalue weighted by Gasteiger charge is 2.25. The third kappa shape index (κ3) is 2.68. The molecule has 1 aromatic rings. The first-order valence-corrected chi connectivity index (χ1v) is 4.36. The molecule has 0 saturated heterocycles. The van der Waals surface area contributed by atoms with Gasteiger partial charge in [0.15, 0.2) is 0 Å². The van der Waals surface area contributed by atoms with E-state index < -0.39 is 18.1 Å². The number of rotatable bonds is 4. The Morgan fingerprint density at radius 1 is 1.40 bits per heavy atom. The Hall–Kier alpha value is -1.59. The smallest absolute Gasteiger partial charge is 0.323 e. The highest BCUT2D eigenvalue weighted by Crippen LogP contribution is 2.21. The summed E-state index contributed by atoms with van der Waals surface area (Å²) in [6, 6.07) is 4.93. The quantitative estimate of drug-likeness (QED) is 0.674. The van der Waals surface area contributed by atoms with Crippen LogP contribution in [0.15, 0.2) is 24.3 Å². The molecule has 0 bridgehead atoms. The van der Waals surface area contributed by atoms with E-state index in [9.17, 15) is 4.79 Å². The molecule has 1 rings (SSSR count). The van der Waals surface area contributed by atoms with Crippen molar-refractivity contribution in [1.29, 1.82) is 0 Å². The van der Waals surface area contributed by atoms with Gasteiger partial charge in [-0.3, -0.25) is 4.79 Å². The fraction of sp³-hybridized carbons (Fsp3) is 0.300. The number of nitrogens with two attached hydrogens (primary N) is 1. The zero-order chi connectivity index (χ0) is 11.4. The van der Waals surface area contributed by atoms with Crippen LogP contribution in [0.25, 0.3) is 0 Å². The summed E-state index contributed by atoms with van der Waals surface area (Å²) in [5.41, 5.74) is 6.07. The fourth-order valence-electron chi connectivity index (χ4n) is 1.28. The number of ether oxygens (including phenoxy) is 1. The van der Waals surface area contributed by atoms with E-state index in [2.05, 4.69) is 0 Å². The largest absolute Gasteiger partial charge is 0.508 e. The van der Waals surface area contributed by atoms with Crippen molar-refractivity contribution in [3.63, 3.8) is 0 Å². The van der Waals surface area contributed by atoms with Gasteiger partial charge in [0.05, 0.1) is 0 Å². The second-order valence-electron chi connectivity index (χ2n) is 3.11. The van der Waals surface area contributed by atoms with Crippen LogP contribution in [-0.4, -0.2) is 29.3 Å². The number of aromatic hydroxyl groups is 1. The summed E-state index contributed by atoms with van der Waals surface area (Å²) in [6.07, 6.45) is -0.719. The molecule has 2 atom stereocenters. The summed E-state index contributed by atoms with van der Waals surface area (Å²) in [4.78, 5) is 10.7. The van der Waals surface area contributed by atoms with E-state index >= 15 is 0 Å². The number of carbonyl (C=O) groups is 1. The summed E-state index contributed by atoms with van der Waals surface area (Å²) in [5.74, 6) is -1.02. The van der Waals surface area contributed by atoms with Crippen molar-refractivity contribution >= 4 is 5.97 Å². The second-order valence-corrected chi connectivity index (χ2v) is 3.11. The van der Waals surface area contributed by atoms with Crippen LogP contribution in [0.1, 0.15) is 11.7 Å². The molecule has 0 saturated carbocycles. The first-order chi connectivity index (χ1) is 7.06. The molecule has 0 radical (unpaired) electrons. The summed E-state index contributed by atoms with van der Waals surface area (Å²) in [6.45, 7) is 0. The third-order valence-corrected chi connectivity index (χ3v) is 2.09. The Bertz CT molecular complexity index is 336. The number of hydrogen-bond donors (Lipinski definition) is 3. The highest BCUT2D eigenvalue weighted by molar-refractivity contribution is 5.74. The van der Waals surface area contributed by atoms with Crippen molar-refractivity contribution < 1.29 is 19.7 Å². The maximum atomic E-state index is 10.7. The Labute approximate surface area is 87.1 Å². The van der Waals surface area contributed by atoms with Gasteiger partial charge in [-0.25, -0.2) is 0 Å². The lowest BCUT2D eigenvalue weighted by Gasteiger charge is -2.19. The second kappa shape index (κ2) is 4.77. The van der Waals surface area contributed by atoms with Crippen molar-refractivity contribution in [2.24, 2.45) is 5.73 Å². The van der Waals surface area contributed by atoms with Gasteiger partial charge >= 0.3 is 5.97 Å². The van der Waals surface area contributed by atoms with Crippen LogP contribution >= 0.6 is 0 Å². The van der Waals surface area contributed by atoms with Gasteiger partial charge in [0.1, 0.15) is 17.9 Å². The Morgan fingerprint density at radius 3 is 2.33 bits per heavy atom. The normalized spacial score (nSPS) is 14.5. The van der Waals surface area contributed by atoms with Crippen LogP contribution in [0.2, 0.25) is 0 Å². The van der Waals surface area contributed by atoms with Gasteiger partial charge in [0, 0.05) is 7.11 Å². The van der Waals surface area contributed by atoms with Crippen molar-refractivity contribution in [2.75, 3.05) is 7.11 Å². The van der Waals surface area contributed by atoms with Crippen molar-refractivity contribution in [3.8, 4) is 5.75 Å². The number of carboxylic acid groups (broad SMARTS) is 1. The molecular weight excluding hydrogens is 198 g/mol. The van der Waals surface area contributed by atoms with E-state index in [-0.39, 0.29) is 5.75 Å². The lowest BCUT2D eigenvalue weighted by molar-refractivity contribution is -0.142. The predicted molar refractivity (Wildman–Crippen MR) is 53.5 cm³/mol. The maximum Gasteiger partial charge on any atom is 0.323 e. The predicted octanol–water partition coefficient (Wildman–Crippen LogP) is 0.492. The molecule has 15 heavy (non-hydrogen) atoms. The fourth-order valence-corrected chi connectivity index (χ4v) is 1.28. The number of methoxy groups -OCH3 is 1. The van der Waals surface area contributed by atoms with Crippen LogP contribution in [-0.2, 0) is 9.53 Å². The zero-order valence-electron chi connectivity index (χ0n) is 8.25.